The molecule has 5 rings (SSSR count). The predicted molar refractivity (Wildman–Crippen MR) is 130 cm³/mol. The van der Waals surface area contributed by atoms with Crippen LogP contribution in [0, 0.1) is 5.92 Å². The molecular weight excluding hydrogens is 412 g/mol. The van der Waals surface area contributed by atoms with E-state index < -0.39 is 6.17 Å². The maximum atomic E-state index is 13.7. The van der Waals surface area contributed by atoms with Crippen molar-refractivity contribution in [1.82, 2.24) is 4.90 Å². The molecule has 0 aliphatic carbocycles. The summed E-state index contributed by atoms with van der Waals surface area (Å²) in [5.74, 6) is 2.04. The molecule has 1 aliphatic heterocycles. The van der Waals surface area contributed by atoms with Gasteiger partial charge in [0.25, 0.3) is 5.91 Å². The zero-order chi connectivity index (χ0) is 22.8. The molecule has 5 heteroatoms. The number of carbonyl (C=O) groups excluding carboxylic acids is 1. The van der Waals surface area contributed by atoms with Gasteiger partial charge in [0.2, 0.25) is 0 Å². The highest BCUT2D eigenvalue weighted by Gasteiger charge is 2.36. The number of fused-ring (bicyclic) bond motifs is 2. The fourth-order valence-corrected chi connectivity index (χ4v) is 4.34. The monoisotopic (exact) mass is 440 g/mol. The standard InChI is InChI=1S/C28H28N2O3/c1-19(2)15-17-33-25-14-13-20-8-3-4-10-22(20)26(25)27-29-24-12-6-5-11-23(24)28(31)30(27)18-21-9-7-16-32-21/h3-14,16,19,27,29H,15,17-18H2,1-2H3. The highest BCUT2D eigenvalue weighted by atomic mass is 16.5. The molecule has 0 radical (unpaired) electrons. The first-order valence-corrected chi connectivity index (χ1v) is 11.4. The molecule has 1 N–H and O–H groups in total. The van der Waals surface area contributed by atoms with Gasteiger partial charge in [-0.1, -0.05) is 56.3 Å². The van der Waals surface area contributed by atoms with E-state index in [-0.39, 0.29) is 5.91 Å². The summed E-state index contributed by atoms with van der Waals surface area (Å²) in [5.41, 5.74) is 2.44. The van der Waals surface area contributed by atoms with E-state index in [1.807, 2.05) is 59.5 Å². The van der Waals surface area contributed by atoms with Gasteiger partial charge in [0.1, 0.15) is 17.7 Å². The van der Waals surface area contributed by atoms with Crippen LogP contribution in [0.4, 0.5) is 5.69 Å². The van der Waals surface area contributed by atoms with Crippen molar-refractivity contribution in [1.29, 1.82) is 0 Å². The molecule has 1 atom stereocenters. The molecule has 0 saturated carbocycles. The second-order valence-electron chi connectivity index (χ2n) is 8.83. The highest BCUT2D eigenvalue weighted by Crippen LogP contribution is 2.41. The fourth-order valence-electron chi connectivity index (χ4n) is 4.34. The molecule has 1 amide bonds. The highest BCUT2D eigenvalue weighted by molar-refractivity contribution is 6.02. The average molecular weight is 441 g/mol. The summed E-state index contributed by atoms with van der Waals surface area (Å²) >= 11 is 0. The zero-order valence-electron chi connectivity index (χ0n) is 19.0. The minimum Gasteiger partial charge on any atom is -0.493 e. The Morgan fingerprint density at radius 1 is 1.00 bits per heavy atom. The van der Waals surface area contributed by atoms with Crippen LogP contribution < -0.4 is 10.1 Å². The summed E-state index contributed by atoms with van der Waals surface area (Å²) in [6.07, 6.45) is 2.19. The molecule has 1 unspecified atom stereocenters. The number of rotatable bonds is 7. The minimum atomic E-state index is -0.405. The van der Waals surface area contributed by atoms with Crippen LogP contribution >= 0.6 is 0 Å². The molecule has 0 spiro atoms. The Bertz CT molecular complexity index is 1260. The number of nitrogens with zero attached hydrogens (tertiary/aromatic N) is 1. The van der Waals surface area contributed by atoms with Crippen LogP contribution in [0.5, 0.6) is 5.75 Å². The Kier molecular flexibility index (Phi) is 5.78. The third-order valence-corrected chi connectivity index (χ3v) is 6.09. The van der Waals surface area contributed by atoms with Crippen molar-refractivity contribution in [3.05, 3.63) is 95.9 Å². The van der Waals surface area contributed by atoms with Gasteiger partial charge in [0.05, 0.1) is 25.0 Å². The summed E-state index contributed by atoms with van der Waals surface area (Å²) in [6, 6.07) is 23.7. The average Bonchev–Trinajstić information content (AvgIpc) is 3.34. The number of benzene rings is 3. The fraction of sp³-hybridized carbons (Fsp3) is 0.250. The first-order chi connectivity index (χ1) is 16.1. The van der Waals surface area contributed by atoms with Gasteiger partial charge in [-0.25, -0.2) is 0 Å². The van der Waals surface area contributed by atoms with Gasteiger partial charge in [-0.2, -0.15) is 0 Å². The Morgan fingerprint density at radius 2 is 1.82 bits per heavy atom. The maximum absolute atomic E-state index is 13.7. The molecule has 2 heterocycles. The lowest BCUT2D eigenvalue weighted by atomic mass is 9.97. The van der Waals surface area contributed by atoms with Gasteiger partial charge in [0, 0.05) is 11.3 Å². The van der Waals surface area contributed by atoms with E-state index in [1.165, 1.54) is 0 Å². The van der Waals surface area contributed by atoms with Gasteiger partial charge >= 0.3 is 0 Å². The Morgan fingerprint density at radius 3 is 2.64 bits per heavy atom. The van der Waals surface area contributed by atoms with Crippen molar-refractivity contribution in [2.45, 2.75) is 33.0 Å². The number of ether oxygens (including phenoxy) is 1. The van der Waals surface area contributed by atoms with Crippen LogP contribution in [0.3, 0.4) is 0 Å². The molecule has 168 valence electrons. The van der Waals surface area contributed by atoms with Gasteiger partial charge in [0.15, 0.2) is 0 Å². The number of amides is 1. The van der Waals surface area contributed by atoms with Crippen molar-refractivity contribution in [3.63, 3.8) is 0 Å². The summed E-state index contributed by atoms with van der Waals surface area (Å²) < 4.78 is 11.9. The van der Waals surface area contributed by atoms with Crippen LogP contribution in [0.15, 0.2) is 83.5 Å². The topological polar surface area (TPSA) is 54.7 Å². The van der Waals surface area contributed by atoms with Crippen LogP contribution in [0.25, 0.3) is 10.8 Å². The third kappa shape index (κ3) is 4.19. The van der Waals surface area contributed by atoms with Gasteiger partial charge in [-0.3, -0.25) is 4.79 Å². The minimum absolute atomic E-state index is 0.0354. The molecule has 3 aromatic carbocycles. The van der Waals surface area contributed by atoms with E-state index >= 15 is 0 Å². The van der Waals surface area contributed by atoms with Crippen molar-refractivity contribution in [2.24, 2.45) is 5.92 Å². The molecule has 0 fully saturated rings. The number of hydrogen-bond donors (Lipinski definition) is 1. The number of carbonyl (C=O) groups is 1. The van der Waals surface area contributed by atoms with Gasteiger partial charge in [-0.05, 0) is 53.4 Å². The number of hydrogen-bond acceptors (Lipinski definition) is 4. The Hall–Kier alpha value is -3.73. The van der Waals surface area contributed by atoms with Gasteiger partial charge < -0.3 is 19.4 Å². The summed E-state index contributed by atoms with van der Waals surface area (Å²) in [6.45, 7) is 5.35. The van der Waals surface area contributed by atoms with Crippen molar-refractivity contribution >= 4 is 22.4 Å². The number of anilines is 1. The molecular formula is C28H28N2O3. The zero-order valence-corrected chi connectivity index (χ0v) is 19.0. The van der Waals surface area contributed by atoms with E-state index in [4.69, 9.17) is 9.15 Å². The second-order valence-corrected chi connectivity index (χ2v) is 8.83. The lowest BCUT2D eigenvalue weighted by Gasteiger charge is -2.38. The Balaban J connectivity index is 1.64. The Labute approximate surface area is 194 Å². The number of nitrogens with one attached hydrogen (secondary N) is 1. The van der Waals surface area contributed by atoms with Crippen molar-refractivity contribution in [2.75, 3.05) is 11.9 Å². The maximum Gasteiger partial charge on any atom is 0.258 e. The predicted octanol–water partition coefficient (Wildman–Crippen LogP) is 6.62. The summed E-state index contributed by atoms with van der Waals surface area (Å²) in [7, 11) is 0. The van der Waals surface area contributed by atoms with Crippen LogP contribution in [-0.4, -0.2) is 17.4 Å². The molecule has 5 nitrogen and oxygen atoms in total. The first kappa shape index (κ1) is 21.1. The van der Waals surface area contributed by atoms with E-state index in [0.717, 1.165) is 40.0 Å². The summed E-state index contributed by atoms with van der Waals surface area (Å²) in [5, 5.41) is 5.79. The number of furan rings is 1. The van der Waals surface area contributed by atoms with Gasteiger partial charge in [-0.15, -0.1) is 0 Å². The molecule has 4 aromatic rings. The van der Waals surface area contributed by atoms with E-state index in [9.17, 15) is 4.79 Å². The summed E-state index contributed by atoms with van der Waals surface area (Å²) in [4.78, 5) is 15.5. The lowest BCUT2D eigenvalue weighted by Crippen LogP contribution is -2.42. The molecule has 1 aliphatic rings. The lowest BCUT2D eigenvalue weighted by molar-refractivity contribution is 0.0650. The SMILES string of the molecule is CC(C)CCOc1ccc2ccccc2c1C1Nc2ccccc2C(=O)N1Cc1ccco1. The van der Waals surface area contributed by atoms with Crippen LogP contribution in [0.2, 0.25) is 0 Å². The van der Waals surface area contributed by atoms with Crippen LogP contribution in [-0.2, 0) is 6.54 Å². The van der Waals surface area contributed by atoms with Crippen molar-refractivity contribution < 1.29 is 13.9 Å². The molecule has 0 saturated heterocycles. The molecule has 33 heavy (non-hydrogen) atoms. The van der Waals surface area contributed by atoms with Crippen molar-refractivity contribution in [3.8, 4) is 5.75 Å². The second kappa shape index (κ2) is 9.02. The smallest absolute Gasteiger partial charge is 0.258 e. The third-order valence-electron chi connectivity index (χ3n) is 6.09. The molecule has 1 aromatic heterocycles. The van der Waals surface area contributed by atoms with E-state index in [0.29, 0.717) is 24.6 Å². The first-order valence-electron chi connectivity index (χ1n) is 11.4. The van der Waals surface area contributed by atoms with Crippen LogP contribution in [0.1, 0.15) is 48.1 Å². The quantitative estimate of drug-likeness (QED) is 0.351. The largest absolute Gasteiger partial charge is 0.493 e. The normalized spacial score (nSPS) is 15.5. The van der Waals surface area contributed by atoms with E-state index in [1.54, 1.807) is 6.26 Å². The molecule has 0 bridgehead atoms. The van der Waals surface area contributed by atoms with E-state index in [2.05, 4.69) is 37.4 Å². The number of para-hydroxylation sites is 1.